The van der Waals surface area contributed by atoms with E-state index in [2.05, 4.69) is 10.3 Å². The Morgan fingerprint density at radius 3 is 2.76 bits per heavy atom. The van der Waals surface area contributed by atoms with Crippen LogP contribution in [-0.4, -0.2) is 46.4 Å². The van der Waals surface area contributed by atoms with E-state index < -0.39 is 23.7 Å². The maximum Gasteiger partial charge on any atom is 0.416 e. The van der Waals surface area contributed by atoms with Crippen LogP contribution in [0.3, 0.4) is 0 Å². The van der Waals surface area contributed by atoms with E-state index in [1.807, 2.05) is 6.92 Å². The molecule has 11 heteroatoms. The highest BCUT2D eigenvalue weighted by molar-refractivity contribution is 6.04. The van der Waals surface area contributed by atoms with Gasteiger partial charge in [-0.25, -0.2) is 9.78 Å². The number of alkyl halides is 3. The zero-order valence-corrected chi connectivity index (χ0v) is 18.3. The largest absolute Gasteiger partial charge is 0.449 e. The number of amides is 2. The normalized spacial score (nSPS) is 15.3. The van der Waals surface area contributed by atoms with Gasteiger partial charge in [0.05, 0.1) is 23.2 Å². The third kappa shape index (κ3) is 4.69. The van der Waals surface area contributed by atoms with Crippen molar-refractivity contribution in [3.05, 3.63) is 53.6 Å². The number of fused-ring (bicyclic) bond motifs is 1. The van der Waals surface area contributed by atoms with Crippen molar-refractivity contribution in [2.45, 2.75) is 32.0 Å². The fraction of sp³-hybridized carbons (Fsp3) is 0.348. The van der Waals surface area contributed by atoms with Crippen molar-refractivity contribution in [3.63, 3.8) is 0 Å². The fourth-order valence-corrected chi connectivity index (χ4v) is 3.90. The van der Waals surface area contributed by atoms with Gasteiger partial charge in [-0.3, -0.25) is 15.0 Å². The van der Waals surface area contributed by atoms with Crippen LogP contribution in [0.25, 0.3) is 11.0 Å². The van der Waals surface area contributed by atoms with Gasteiger partial charge in [-0.15, -0.1) is 0 Å². The van der Waals surface area contributed by atoms with E-state index >= 15 is 0 Å². The molecule has 2 heterocycles. The Kier molecular flexibility index (Phi) is 6.47. The number of carbonyl (C=O) groups excluding carboxylic acids is 2. The van der Waals surface area contributed by atoms with E-state index in [9.17, 15) is 27.9 Å². The zero-order valence-electron chi connectivity index (χ0n) is 18.3. The van der Waals surface area contributed by atoms with Gasteiger partial charge in [-0.1, -0.05) is 6.07 Å². The molecular weight excluding hydrogens is 453 g/mol. The van der Waals surface area contributed by atoms with Gasteiger partial charge in [-0.2, -0.15) is 13.2 Å². The summed E-state index contributed by atoms with van der Waals surface area (Å²) >= 11 is 0. The molecule has 0 unspecified atom stereocenters. The monoisotopic (exact) mass is 476 g/mol. The number of aliphatic hydroxyl groups excluding tert-OH is 1. The number of rotatable bonds is 6. The molecule has 2 N–H and O–H groups in total. The van der Waals surface area contributed by atoms with Gasteiger partial charge >= 0.3 is 12.3 Å². The predicted molar refractivity (Wildman–Crippen MR) is 119 cm³/mol. The number of benzene rings is 2. The Balaban J connectivity index is 1.71. The Hall–Kier alpha value is -3.60. The van der Waals surface area contributed by atoms with Gasteiger partial charge in [0.15, 0.2) is 0 Å². The molecule has 1 aromatic heterocycles. The number of imidazole rings is 1. The van der Waals surface area contributed by atoms with Crippen LogP contribution in [0.1, 0.15) is 41.7 Å². The van der Waals surface area contributed by atoms with Crippen molar-refractivity contribution in [1.29, 1.82) is 0 Å². The molecule has 34 heavy (non-hydrogen) atoms. The second-order valence-electron chi connectivity index (χ2n) is 7.99. The van der Waals surface area contributed by atoms with Gasteiger partial charge in [0, 0.05) is 30.4 Å². The molecule has 1 saturated heterocycles. The first-order valence-corrected chi connectivity index (χ1v) is 10.7. The molecule has 1 aliphatic heterocycles. The van der Waals surface area contributed by atoms with Crippen molar-refractivity contribution < 1.29 is 32.6 Å². The molecule has 2 amide bonds. The molecule has 0 bridgehead atoms. The molecule has 1 atom stereocenters. The van der Waals surface area contributed by atoms with Crippen LogP contribution >= 0.6 is 0 Å². The first-order valence-electron chi connectivity index (χ1n) is 10.7. The second-order valence-corrected chi connectivity index (χ2v) is 7.99. The lowest BCUT2D eigenvalue weighted by Gasteiger charge is -2.26. The summed E-state index contributed by atoms with van der Waals surface area (Å²) in [6.45, 7) is 2.56. The minimum Gasteiger partial charge on any atom is -0.449 e. The molecule has 1 fully saturated rings. The minimum atomic E-state index is -4.58. The first kappa shape index (κ1) is 23.6. The van der Waals surface area contributed by atoms with Crippen LogP contribution in [0.5, 0.6) is 0 Å². The molecular formula is C23H23F3N4O4. The van der Waals surface area contributed by atoms with E-state index in [-0.39, 0.29) is 24.2 Å². The van der Waals surface area contributed by atoms with Gasteiger partial charge < -0.3 is 14.4 Å². The van der Waals surface area contributed by atoms with Crippen molar-refractivity contribution in [3.8, 4) is 0 Å². The molecule has 0 aliphatic carbocycles. The molecule has 4 rings (SSSR count). The van der Waals surface area contributed by atoms with Crippen molar-refractivity contribution in [2.75, 3.05) is 30.0 Å². The summed E-state index contributed by atoms with van der Waals surface area (Å²) in [6.07, 6.45) is -4.00. The summed E-state index contributed by atoms with van der Waals surface area (Å²) in [7, 11) is 0. The van der Waals surface area contributed by atoms with E-state index in [4.69, 9.17) is 4.74 Å². The number of aliphatic hydroxyl groups is 1. The SMILES string of the molecule is C[C@H](CCO)n1c(NC(=O)c2cccc(C(F)(F)F)c2)nc2cc(N3CCCOC3=O)ccc21. The summed E-state index contributed by atoms with van der Waals surface area (Å²) in [6, 6.07) is 9.00. The van der Waals surface area contributed by atoms with Crippen LogP contribution in [-0.2, 0) is 10.9 Å². The van der Waals surface area contributed by atoms with Crippen LogP contribution in [0.4, 0.5) is 29.6 Å². The molecule has 1 aliphatic rings. The van der Waals surface area contributed by atoms with E-state index in [0.29, 0.717) is 42.7 Å². The van der Waals surface area contributed by atoms with Crippen LogP contribution < -0.4 is 10.2 Å². The van der Waals surface area contributed by atoms with E-state index in [1.54, 1.807) is 22.8 Å². The number of aromatic nitrogens is 2. The average molecular weight is 476 g/mol. The van der Waals surface area contributed by atoms with Crippen molar-refractivity contribution in [1.82, 2.24) is 9.55 Å². The predicted octanol–water partition coefficient (Wildman–Crippen LogP) is 4.60. The summed E-state index contributed by atoms with van der Waals surface area (Å²) < 4.78 is 46.0. The van der Waals surface area contributed by atoms with Gasteiger partial charge in [-0.05, 0) is 56.2 Å². The third-order valence-electron chi connectivity index (χ3n) is 5.62. The number of halogens is 3. The smallest absolute Gasteiger partial charge is 0.416 e. The summed E-state index contributed by atoms with van der Waals surface area (Å²) in [4.78, 5) is 30.9. The lowest BCUT2D eigenvalue weighted by Crippen LogP contribution is -2.37. The molecule has 0 radical (unpaired) electrons. The lowest BCUT2D eigenvalue weighted by molar-refractivity contribution is -0.137. The molecule has 8 nitrogen and oxygen atoms in total. The minimum absolute atomic E-state index is 0.112. The molecule has 3 aromatic rings. The Morgan fingerprint density at radius 2 is 2.06 bits per heavy atom. The van der Waals surface area contributed by atoms with Gasteiger partial charge in [0.2, 0.25) is 5.95 Å². The summed E-state index contributed by atoms with van der Waals surface area (Å²) in [5.74, 6) is -0.629. The maximum absolute atomic E-state index is 13.1. The highest BCUT2D eigenvalue weighted by Crippen LogP contribution is 2.32. The van der Waals surface area contributed by atoms with Crippen molar-refractivity contribution in [2.24, 2.45) is 0 Å². The number of anilines is 2. The second kappa shape index (κ2) is 9.34. The summed E-state index contributed by atoms with van der Waals surface area (Å²) in [5.41, 5.74) is 0.585. The first-order chi connectivity index (χ1) is 16.2. The van der Waals surface area contributed by atoms with E-state index in [0.717, 1.165) is 12.1 Å². The van der Waals surface area contributed by atoms with Crippen LogP contribution in [0.2, 0.25) is 0 Å². The highest BCUT2D eigenvalue weighted by atomic mass is 19.4. The number of nitrogens with zero attached hydrogens (tertiary/aromatic N) is 3. The fourth-order valence-electron chi connectivity index (χ4n) is 3.90. The van der Waals surface area contributed by atoms with E-state index in [1.165, 1.54) is 17.0 Å². The number of nitrogens with one attached hydrogen (secondary N) is 1. The number of hydrogen-bond donors (Lipinski definition) is 2. The van der Waals surface area contributed by atoms with Crippen molar-refractivity contribution >= 4 is 34.7 Å². The van der Waals surface area contributed by atoms with Gasteiger partial charge in [0.25, 0.3) is 5.91 Å². The molecule has 0 saturated carbocycles. The molecule has 180 valence electrons. The Bertz CT molecular complexity index is 1220. The highest BCUT2D eigenvalue weighted by Gasteiger charge is 2.31. The molecule has 0 spiro atoms. The number of ether oxygens (including phenoxy) is 1. The third-order valence-corrected chi connectivity index (χ3v) is 5.62. The van der Waals surface area contributed by atoms with Crippen LogP contribution in [0, 0.1) is 0 Å². The number of hydrogen-bond acceptors (Lipinski definition) is 5. The average Bonchev–Trinajstić information content (AvgIpc) is 3.16. The standard InChI is InChI=1S/C23H23F3N4O4/c1-14(8-10-31)30-19-7-6-17(29-9-3-11-34-22(29)33)13-18(19)27-21(30)28-20(32)15-4-2-5-16(12-15)23(24,25)26/h2,4-7,12-14,31H,3,8-11H2,1H3,(H,27,28,32)/t14-/m1/s1. The van der Waals surface area contributed by atoms with Gasteiger partial charge in [0.1, 0.15) is 0 Å². The number of carbonyl (C=O) groups is 2. The Morgan fingerprint density at radius 1 is 1.26 bits per heavy atom. The topological polar surface area (TPSA) is 96.7 Å². The molecule has 2 aromatic carbocycles. The summed E-state index contributed by atoms with van der Waals surface area (Å²) in [5, 5.41) is 12.0. The number of cyclic esters (lactones) is 1. The maximum atomic E-state index is 13.1. The Labute approximate surface area is 192 Å². The van der Waals surface area contributed by atoms with Crippen LogP contribution in [0.15, 0.2) is 42.5 Å². The lowest BCUT2D eigenvalue weighted by atomic mass is 10.1. The zero-order chi connectivity index (χ0) is 24.5. The quantitative estimate of drug-likeness (QED) is 0.542.